The average Bonchev–Trinajstić information content (AvgIpc) is 3.29. The maximum Gasteiger partial charge on any atom is 0.194 e. The number of hydrogen-bond acceptors (Lipinski definition) is 8. The Balaban J connectivity index is 1.70. The molecule has 0 radical (unpaired) electrons. The molecule has 1 saturated heterocycles. The van der Waals surface area contributed by atoms with Crippen molar-refractivity contribution in [2.45, 2.75) is 56.3 Å². The van der Waals surface area contributed by atoms with Gasteiger partial charge in [-0.3, -0.25) is 4.57 Å². The van der Waals surface area contributed by atoms with Gasteiger partial charge in [-0.15, -0.1) is 0 Å². The molecule has 4 N–H and O–H groups in total. The standard InChI is InChI=1S/C15H20IN5O4/c16-15-19-12(18-7-3-1-2-4-7)9-13(20-15)21(6-17-9)14-11(24)10(23)8(5-22)25-14/h6-8,10-11,14,22-24H,1-5H2,(H,18,19,20)/t8-,10-,11-,14-/m1/s1. The van der Waals surface area contributed by atoms with Crippen LogP contribution in [0.2, 0.25) is 0 Å². The van der Waals surface area contributed by atoms with Gasteiger partial charge in [0.15, 0.2) is 27.0 Å². The Bertz CT molecular complexity index is 766. The second-order valence-corrected chi connectivity index (χ2v) is 7.48. The average molecular weight is 461 g/mol. The lowest BCUT2D eigenvalue weighted by Crippen LogP contribution is -2.33. The second kappa shape index (κ2) is 6.91. The molecule has 0 bridgehead atoms. The van der Waals surface area contributed by atoms with Crippen molar-refractivity contribution in [1.82, 2.24) is 19.5 Å². The van der Waals surface area contributed by atoms with Gasteiger partial charge in [0, 0.05) is 28.6 Å². The smallest absolute Gasteiger partial charge is 0.194 e. The summed E-state index contributed by atoms with van der Waals surface area (Å²) in [6, 6.07) is 0.382. The van der Waals surface area contributed by atoms with E-state index in [2.05, 4.69) is 20.3 Å². The van der Waals surface area contributed by atoms with Gasteiger partial charge in [-0.05, 0) is 12.8 Å². The first kappa shape index (κ1) is 17.3. The number of halogens is 1. The van der Waals surface area contributed by atoms with Gasteiger partial charge in [0.2, 0.25) is 0 Å². The number of fused-ring (bicyclic) bond motifs is 1. The van der Waals surface area contributed by atoms with Crippen molar-refractivity contribution >= 4 is 39.6 Å². The molecule has 2 fully saturated rings. The van der Waals surface area contributed by atoms with Gasteiger partial charge in [-0.1, -0.05) is 12.8 Å². The maximum absolute atomic E-state index is 10.3. The molecule has 4 rings (SSSR count). The van der Waals surface area contributed by atoms with Crippen LogP contribution in [0.5, 0.6) is 0 Å². The summed E-state index contributed by atoms with van der Waals surface area (Å²) in [4.78, 5) is 13.3. The lowest BCUT2D eigenvalue weighted by Gasteiger charge is -2.17. The molecule has 4 atom stereocenters. The van der Waals surface area contributed by atoms with Crippen LogP contribution in [0.1, 0.15) is 31.9 Å². The predicted molar refractivity (Wildman–Crippen MR) is 96.9 cm³/mol. The van der Waals surface area contributed by atoms with Gasteiger partial charge in [0.05, 0.1) is 12.9 Å². The molecule has 1 aliphatic heterocycles. The first-order valence-electron chi connectivity index (χ1n) is 8.37. The van der Waals surface area contributed by atoms with E-state index in [0.29, 0.717) is 26.9 Å². The molecule has 1 saturated carbocycles. The van der Waals surface area contributed by atoms with Gasteiger partial charge in [0.25, 0.3) is 0 Å². The summed E-state index contributed by atoms with van der Waals surface area (Å²) < 4.78 is 7.73. The summed E-state index contributed by atoms with van der Waals surface area (Å²) in [6.07, 6.45) is 2.12. The Morgan fingerprint density at radius 2 is 2.00 bits per heavy atom. The molecule has 0 amide bonds. The topological polar surface area (TPSA) is 126 Å². The first-order chi connectivity index (χ1) is 12.1. The second-order valence-electron chi connectivity index (χ2n) is 6.52. The molecule has 0 aromatic carbocycles. The monoisotopic (exact) mass is 461 g/mol. The highest BCUT2D eigenvalue weighted by atomic mass is 127. The van der Waals surface area contributed by atoms with Crippen molar-refractivity contribution in [1.29, 1.82) is 0 Å². The number of rotatable bonds is 4. The molecule has 0 spiro atoms. The van der Waals surface area contributed by atoms with Crippen molar-refractivity contribution in [3.8, 4) is 0 Å². The zero-order valence-electron chi connectivity index (χ0n) is 13.4. The van der Waals surface area contributed by atoms with Crippen LogP contribution in [0.25, 0.3) is 11.2 Å². The van der Waals surface area contributed by atoms with Crippen LogP contribution in [0, 0.1) is 3.83 Å². The number of nitrogens with zero attached hydrogens (tertiary/aromatic N) is 4. The summed E-state index contributed by atoms with van der Waals surface area (Å²) in [5, 5.41) is 33.0. The van der Waals surface area contributed by atoms with Gasteiger partial charge in [-0.25, -0.2) is 15.0 Å². The molecular weight excluding hydrogens is 441 g/mol. The molecule has 9 nitrogen and oxygen atoms in total. The summed E-state index contributed by atoms with van der Waals surface area (Å²) in [5.74, 6) is 0.673. The molecule has 25 heavy (non-hydrogen) atoms. The van der Waals surface area contributed by atoms with E-state index in [1.807, 2.05) is 22.6 Å². The first-order valence-corrected chi connectivity index (χ1v) is 9.45. The van der Waals surface area contributed by atoms with E-state index in [4.69, 9.17) is 4.74 Å². The number of aliphatic hydroxyl groups excluding tert-OH is 3. The van der Waals surface area contributed by atoms with E-state index in [9.17, 15) is 15.3 Å². The van der Waals surface area contributed by atoms with Crippen LogP contribution >= 0.6 is 22.6 Å². The largest absolute Gasteiger partial charge is 0.394 e. The fourth-order valence-corrected chi connectivity index (χ4v) is 4.02. The van der Waals surface area contributed by atoms with Crippen molar-refractivity contribution < 1.29 is 20.1 Å². The third-order valence-corrected chi connectivity index (χ3v) is 5.36. The van der Waals surface area contributed by atoms with E-state index in [1.54, 1.807) is 4.57 Å². The molecular formula is C15H20IN5O4. The lowest BCUT2D eigenvalue weighted by atomic mass is 10.1. The van der Waals surface area contributed by atoms with E-state index in [0.717, 1.165) is 12.8 Å². The van der Waals surface area contributed by atoms with Gasteiger partial charge in [-0.2, -0.15) is 0 Å². The van der Waals surface area contributed by atoms with Crippen LogP contribution in [-0.2, 0) is 4.74 Å². The lowest BCUT2D eigenvalue weighted by molar-refractivity contribution is -0.0511. The minimum atomic E-state index is -1.17. The third kappa shape index (κ3) is 3.10. The van der Waals surface area contributed by atoms with Crippen LogP contribution in [0.15, 0.2) is 6.33 Å². The van der Waals surface area contributed by atoms with Crippen molar-refractivity contribution in [2.24, 2.45) is 0 Å². The number of ether oxygens (including phenoxy) is 1. The summed E-state index contributed by atoms with van der Waals surface area (Å²) in [6.45, 7) is -0.373. The molecule has 2 aliphatic rings. The van der Waals surface area contributed by atoms with E-state index in [1.165, 1.54) is 19.2 Å². The highest BCUT2D eigenvalue weighted by molar-refractivity contribution is 14.1. The molecule has 10 heteroatoms. The fourth-order valence-electron chi connectivity index (χ4n) is 3.55. The Kier molecular flexibility index (Phi) is 4.79. The normalized spacial score (nSPS) is 30.4. The van der Waals surface area contributed by atoms with E-state index in [-0.39, 0.29) is 6.61 Å². The maximum atomic E-state index is 10.3. The van der Waals surface area contributed by atoms with E-state index < -0.39 is 24.5 Å². The molecule has 136 valence electrons. The molecule has 0 unspecified atom stereocenters. The molecule has 1 aliphatic carbocycles. The number of anilines is 1. The Morgan fingerprint density at radius 1 is 1.24 bits per heavy atom. The Hall–Kier alpha value is -1.08. The van der Waals surface area contributed by atoms with E-state index >= 15 is 0 Å². The molecule has 2 aromatic heterocycles. The van der Waals surface area contributed by atoms with Gasteiger partial charge in [0.1, 0.15) is 18.3 Å². The molecule has 2 aromatic rings. The van der Waals surface area contributed by atoms with Crippen LogP contribution in [0.3, 0.4) is 0 Å². The number of aromatic nitrogens is 4. The number of imidazole rings is 1. The van der Waals surface area contributed by atoms with Gasteiger partial charge >= 0.3 is 0 Å². The van der Waals surface area contributed by atoms with Crippen LogP contribution < -0.4 is 5.32 Å². The third-order valence-electron chi connectivity index (χ3n) is 4.88. The van der Waals surface area contributed by atoms with Crippen molar-refractivity contribution in [3.63, 3.8) is 0 Å². The Morgan fingerprint density at radius 3 is 2.68 bits per heavy atom. The van der Waals surface area contributed by atoms with Crippen LogP contribution in [-0.4, -0.2) is 65.8 Å². The molecule has 3 heterocycles. The predicted octanol–water partition coefficient (Wildman–Crippen LogP) is 0.397. The minimum Gasteiger partial charge on any atom is -0.394 e. The summed E-state index contributed by atoms with van der Waals surface area (Å²) in [7, 11) is 0. The summed E-state index contributed by atoms with van der Waals surface area (Å²) >= 11 is 2.04. The van der Waals surface area contributed by atoms with Crippen molar-refractivity contribution in [3.05, 3.63) is 10.2 Å². The Labute approximate surface area is 157 Å². The number of nitrogens with one attached hydrogen (secondary N) is 1. The summed E-state index contributed by atoms with van der Waals surface area (Å²) in [5.41, 5.74) is 1.12. The highest BCUT2D eigenvalue weighted by Gasteiger charge is 2.44. The quantitative estimate of drug-likeness (QED) is 0.381. The fraction of sp³-hybridized carbons (Fsp3) is 0.667. The van der Waals surface area contributed by atoms with Gasteiger partial charge < -0.3 is 25.4 Å². The number of hydrogen-bond donors (Lipinski definition) is 4. The SMILES string of the molecule is OC[C@H]1O[C@@H](n2cnc3c(NC4CCCC4)nc(I)nc32)[C@H](O)[C@@H]1O. The van der Waals surface area contributed by atoms with Crippen molar-refractivity contribution in [2.75, 3.05) is 11.9 Å². The highest BCUT2D eigenvalue weighted by Crippen LogP contribution is 2.33. The zero-order chi connectivity index (χ0) is 17.6. The zero-order valence-corrected chi connectivity index (χ0v) is 15.6. The minimum absolute atomic E-state index is 0.373. The number of aliphatic hydroxyl groups is 3. The van der Waals surface area contributed by atoms with Crippen LogP contribution in [0.4, 0.5) is 5.82 Å².